The Balaban J connectivity index is 1.71. The van der Waals surface area contributed by atoms with E-state index in [1.54, 1.807) is 0 Å². The fourth-order valence-corrected chi connectivity index (χ4v) is 1.93. The molecule has 0 saturated carbocycles. The van der Waals surface area contributed by atoms with E-state index in [-0.39, 0.29) is 19.6 Å². The molecular formula is C18H20NO4+. The van der Waals surface area contributed by atoms with Crippen LogP contribution in [0.1, 0.15) is 17.5 Å². The smallest absolute Gasteiger partial charge is 0.365 e. The van der Waals surface area contributed by atoms with Crippen LogP contribution in [-0.2, 0) is 32.3 Å². The minimum Gasteiger partial charge on any atom is -0.461 e. The zero-order valence-electron chi connectivity index (χ0n) is 12.8. The second-order valence-electron chi connectivity index (χ2n) is 5.14. The Bertz CT molecular complexity index is 628. The number of benzene rings is 2. The third kappa shape index (κ3) is 5.92. The van der Waals surface area contributed by atoms with Crippen molar-refractivity contribution in [1.82, 2.24) is 0 Å². The summed E-state index contributed by atoms with van der Waals surface area (Å²) in [4.78, 5) is 23.6. The van der Waals surface area contributed by atoms with Crippen LogP contribution < -0.4 is 5.73 Å². The summed E-state index contributed by atoms with van der Waals surface area (Å²) < 4.78 is 10.3. The number of carbonyl (C=O) groups is 2. The number of esters is 2. The second-order valence-corrected chi connectivity index (χ2v) is 5.14. The van der Waals surface area contributed by atoms with Crippen molar-refractivity contribution >= 4 is 11.9 Å². The number of carbonyl (C=O) groups excluding carboxylic acids is 2. The Morgan fingerprint density at radius 2 is 1.30 bits per heavy atom. The van der Waals surface area contributed by atoms with Gasteiger partial charge in [-0.25, -0.2) is 4.79 Å². The maximum Gasteiger partial charge on any atom is 0.365 e. The van der Waals surface area contributed by atoms with Crippen molar-refractivity contribution in [3.8, 4) is 0 Å². The standard InChI is InChI=1S/C18H19NO4/c19-16(18(21)23-13-15-9-5-2-6-10-15)11-17(20)22-12-14-7-3-1-4-8-14/h1-10,16H,11-13,19H2/p+1/t16-/m0/s1. The first-order valence-electron chi connectivity index (χ1n) is 7.38. The normalized spacial score (nSPS) is 11.5. The average molecular weight is 314 g/mol. The van der Waals surface area contributed by atoms with Gasteiger partial charge in [0.25, 0.3) is 0 Å². The molecule has 5 nitrogen and oxygen atoms in total. The summed E-state index contributed by atoms with van der Waals surface area (Å²) in [6, 6.07) is 17.9. The predicted molar refractivity (Wildman–Crippen MR) is 83.8 cm³/mol. The highest BCUT2D eigenvalue weighted by atomic mass is 16.5. The molecule has 0 aliphatic heterocycles. The van der Waals surface area contributed by atoms with Gasteiger partial charge in [-0.1, -0.05) is 60.7 Å². The topological polar surface area (TPSA) is 80.2 Å². The van der Waals surface area contributed by atoms with E-state index in [4.69, 9.17) is 9.47 Å². The van der Waals surface area contributed by atoms with E-state index in [2.05, 4.69) is 5.73 Å². The number of rotatable bonds is 7. The molecule has 5 heteroatoms. The highest BCUT2D eigenvalue weighted by molar-refractivity contribution is 5.81. The number of hydrogen-bond donors (Lipinski definition) is 1. The molecule has 0 heterocycles. The van der Waals surface area contributed by atoms with Gasteiger partial charge in [-0.15, -0.1) is 0 Å². The van der Waals surface area contributed by atoms with Crippen LogP contribution in [-0.4, -0.2) is 18.0 Å². The van der Waals surface area contributed by atoms with Crippen LogP contribution >= 0.6 is 0 Å². The summed E-state index contributed by atoms with van der Waals surface area (Å²) in [5.74, 6) is -0.976. The Kier molecular flexibility index (Phi) is 6.32. The molecule has 120 valence electrons. The van der Waals surface area contributed by atoms with Crippen LogP contribution in [0, 0.1) is 0 Å². The van der Waals surface area contributed by atoms with E-state index < -0.39 is 18.0 Å². The van der Waals surface area contributed by atoms with E-state index in [0.717, 1.165) is 11.1 Å². The Hall–Kier alpha value is -2.66. The number of ether oxygens (including phenoxy) is 2. The lowest BCUT2D eigenvalue weighted by molar-refractivity contribution is -0.408. The van der Waals surface area contributed by atoms with E-state index in [0.29, 0.717) is 0 Å². The molecule has 2 rings (SSSR count). The molecular weight excluding hydrogens is 294 g/mol. The third-order valence-corrected chi connectivity index (χ3v) is 3.21. The minimum atomic E-state index is -0.776. The molecule has 0 amide bonds. The molecule has 0 bridgehead atoms. The summed E-state index contributed by atoms with van der Waals surface area (Å²) in [6.45, 7) is 0.357. The van der Waals surface area contributed by atoms with Gasteiger partial charge >= 0.3 is 11.9 Å². The summed E-state index contributed by atoms with van der Waals surface area (Å²) >= 11 is 0. The molecule has 0 aliphatic rings. The maximum absolute atomic E-state index is 11.8. The van der Waals surface area contributed by atoms with Gasteiger partial charge in [-0.2, -0.15) is 0 Å². The number of hydrogen-bond acceptors (Lipinski definition) is 4. The SMILES string of the molecule is [NH3+][C@@H](CC(=O)OCc1ccccc1)C(=O)OCc1ccccc1. The van der Waals surface area contributed by atoms with Crippen molar-refractivity contribution in [3.05, 3.63) is 71.8 Å². The van der Waals surface area contributed by atoms with Gasteiger partial charge in [0.05, 0.1) is 0 Å². The molecule has 0 radical (unpaired) electrons. The molecule has 0 unspecified atom stereocenters. The van der Waals surface area contributed by atoms with E-state index in [1.165, 1.54) is 0 Å². The second kappa shape index (κ2) is 8.70. The van der Waals surface area contributed by atoms with Crippen LogP contribution in [0.5, 0.6) is 0 Å². The molecule has 2 aromatic rings. The zero-order chi connectivity index (χ0) is 16.5. The lowest BCUT2D eigenvalue weighted by atomic mass is 10.2. The molecule has 0 aliphatic carbocycles. The highest BCUT2D eigenvalue weighted by Gasteiger charge is 2.23. The minimum absolute atomic E-state index is 0.0968. The number of quaternary nitrogens is 1. The molecule has 0 fully saturated rings. The summed E-state index contributed by atoms with van der Waals surface area (Å²) in [5, 5.41) is 0. The molecule has 0 saturated heterocycles. The largest absolute Gasteiger partial charge is 0.461 e. The quantitative estimate of drug-likeness (QED) is 0.785. The molecule has 2 aromatic carbocycles. The van der Waals surface area contributed by atoms with Crippen molar-refractivity contribution in [3.63, 3.8) is 0 Å². The Morgan fingerprint density at radius 1 is 0.826 bits per heavy atom. The molecule has 23 heavy (non-hydrogen) atoms. The summed E-state index contributed by atoms with van der Waals surface area (Å²) in [7, 11) is 0. The van der Waals surface area contributed by atoms with Crippen molar-refractivity contribution in [1.29, 1.82) is 0 Å². The molecule has 1 atom stereocenters. The van der Waals surface area contributed by atoms with Gasteiger partial charge in [0.15, 0.2) is 6.04 Å². The van der Waals surface area contributed by atoms with Gasteiger partial charge in [-0.05, 0) is 11.1 Å². The maximum atomic E-state index is 11.8. The van der Waals surface area contributed by atoms with Crippen molar-refractivity contribution in [2.45, 2.75) is 25.7 Å². The van der Waals surface area contributed by atoms with Gasteiger partial charge in [0.2, 0.25) is 0 Å². The highest BCUT2D eigenvalue weighted by Crippen LogP contribution is 2.04. The van der Waals surface area contributed by atoms with E-state index in [9.17, 15) is 9.59 Å². The average Bonchev–Trinajstić information content (AvgIpc) is 2.59. The lowest BCUT2D eigenvalue weighted by Crippen LogP contribution is -2.66. The van der Waals surface area contributed by atoms with Crippen LogP contribution in [0.25, 0.3) is 0 Å². The van der Waals surface area contributed by atoms with Crippen LogP contribution in [0.2, 0.25) is 0 Å². The van der Waals surface area contributed by atoms with Crippen LogP contribution in [0.4, 0.5) is 0 Å². The summed E-state index contributed by atoms with van der Waals surface area (Å²) in [5.41, 5.74) is 5.45. The van der Waals surface area contributed by atoms with Crippen LogP contribution in [0.15, 0.2) is 60.7 Å². The Labute approximate surface area is 135 Å². The molecule has 3 N–H and O–H groups in total. The lowest BCUT2D eigenvalue weighted by Gasteiger charge is -2.09. The van der Waals surface area contributed by atoms with E-state index >= 15 is 0 Å². The van der Waals surface area contributed by atoms with Crippen LogP contribution in [0.3, 0.4) is 0 Å². The van der Waals surface area contributed by atoms with Crippen molar-refractivity contribution in [2.24, 2.45) is 0 Å². The fourth-order valence-electron chi connectivity index (χ4n) is 1.93. The van der Waals surface area contributed by atoms with Crippen molar-refractivity contribution < 1.29 is 24.8 Å². The van der Waals surface area contributed by atoms with Gasteiger partial charge in [-0.3, -0.25) is 4.79 Å². The third-order valence-electron chi connectivity index (χ3n) is 3.21. The predicted octanol–water partition coefficient (Wildman–Crippen LogP) is 1.47. The molecule has 0 spiro atoms. The van der Waals surface area contributed by atoms with Crippen molar-refractivity contribution in [2.75, 3.05) is 0 Å². The Morgan fingerprint density at radius 3 is 1.83 bits per heavy atom. The molecule has 0 aromatic heterocycles. The van der Waals surface area contributed by atoms with Gasteiger partial charge < -0.3 is 15.2 Å². The monoisotopic (exact) mass is 314 g/mol. The first-order valence-corrected chi connectivity index (χ1v) is 7.38. The zero-order valence-corrected chi connectivity index (χ0v) is 12.8. The van der Waals surface area contributed by atoms with Gasteiger partial charge in [0.1, 0.15) is 19.6 Å². The first kappa shape index (κ1) is 16.7. The first-order chi connectivity index (χ1) is 11.1. The fraction of sp³-hybridized carbons (Fsp3) is 0.222. The van der Waals surface area contributed by atoms with E-state index in [1.807, 2.05) is 60.7 Å². The van der Waals surface area contributed by atoms with Gasteiger partial charge in [0, 0.05) is 0 Å². The summed E-state index contributed by atoms with van der Waals surface area (Å²) in [6.07, 6.45) is -0.0968.